The Labute approximate surface area is 101 Å². The Morgan fingerprint density at radius 1 is 1.69 bits per heavy atom. The quantitative estimate of drug-likeness (QED) is 0.868. The number of halogens is 2. The van der Waals surface area contributed by atoms with E-state index in [4.69, 9.17) is 5.26 Å². The van der Waals surface area contributed by atoms with E-state index in [9.17, 15) is 9.18 Å². The first kappa shape index (κ1) is 12.7. The topological polar surface area (TPSA) is 52.9 Å². The Kier molecular flexibility index (Phi) is 4.44. The molecular weight excluding hydrogens is 275 g/mol. The maximum absolute atomic E-state index is 13.2. The standard InChI is InChI=1S/C11H10BrFN2O/c1-2-8(12)11(16)15-10-5-3-4-9(13)7(10)6-14/h3-5,8H,2H2,1H3,(H,15,16). The number of hydrogen-bond acceptors (Lipinski definition) is 2. The molecule has 1 aromatic rings. The van der Waals surface area contributed by atoms with Crippen molar-refractivity contribution in [2.24, 2.45) is 0 Å². The number of benzene rings is 1. The van der Waals surface area contributed by atoms with Crippen LogP contribution >= 0.6 is 15.9 Å². The van der Waals surface area contributed by atoms with Gasteiger partial charge in [0.25, 0.3) is 0 Å². The normalized spacial score (nSPS) is 11.6. The third-order valence-electron chi connectivity index (χ3n) is 2.03. The van der Waals surface area contributed by atoms with Crippen LogP contribution < -0.4 is 5.32 Å². The number of anilines is 1. The minimum Gasteiger partial charge on any atom is -0.324 e. The fraction of sp³-hybridized carbons (Fsp3) is 0.273. The number of carbonyl (C=O) groups is 1. The molecule has 0 fully saturated rings. The molecule has 1 atom stereocenters. The summed E-state index contributed by atoms with van der Waals surface area (Å²) < 4.78 is 13.2. The average Bonchev–Trinajstić information content (AvgIpc) is 2.28. The van der Waals surface area contributed by atoms with Gasteiger partial charge in [0.2, 0.25) is 5.91 Å². The van der Waals surface area contributed by atoms with Gasteiger partial charge in [0.15, 0.2) is 0 Å². The molecule has 16 heavy (non-hydrogen) atoms. The lowest BCUT2D eigenvalue weighted by molar-refractivity contribution is -0.115. The summed E-state index contributed by atoms with van der Waals surface area (Å²) in [6, 6.07) is 5.84. The molecule has 0 saturated carbocycles. The van der Waals surface area contributed by atoms with E-state index in [1.54, 1.807) is 6.07 Å². The van der Waals surface area contributed by atoms with E-state index in [1.165, 1.54) is 18.2 Å². The van der Waals surface area contributed by atoms with Crippen molar-refractivity contribution < 1.29 is 9.18 Å². The molecule has 84 valence electrons. The summed E-state index contributed by atoms with van der Waals surface area (Å²) in [7, 11) is 0. The van der Waals surface area contributed by atoms with E-state index in [2.05, 4.69) is 21.2 Å². The first-order valence-corrected chi connectivity index (χ1v) is 5.65. The van der Waals surface area contributed by atoms with Gasteiger partial charge < -0.3 is 5.32 Å². The van der Waals surface area contributed by atoms with E-state index in [0.717, 1.165) is 0 Å². The lowest BCUT2D eigenvalue weighted by Gasteiger charge is -2.10. The van der Waals surface area contributed by atoms with Crippen molar-refractivity contribution in [1.29, 1.82) is 5.26 Å². The predicted molar refractivity (Wildman–Crippen MR) is 62.8 cm³/mol. The van der Waals surface area contributed by atoms with Crippen LogP contribution in [0.5, 0.6) is 0 Å². The van der Waals surface area contributed by atoms with Crippen LogP contribution in [0.4, 0.5) is 10.1 Å². The molecule has 0 bridgehead atoms. The van der Waals surface area contributed by atoms with Crippen LogP contribution in [-0.4, -0.2) is 10.7 Å². The summed E-state index contributed by atoms with van der Waals surface area (Å²) in [5.74, 6) is -0.924. The van der Waals surface area contributed by atoms with Crippen LogP contribution in [0.15, 0.2) is 18.2 Å². The fourth-order valence-electron chi connectivity index (χ4n) is 1.14. The summed E-state index contributed by atoms with van der Waals surface area (Å²) in [5.41, 5.74) is 0.0528. The number of amides is 1. The summed E-state index contributed by atoms with van der Waals surface area (Å²) in [6.45, 7) is 1.84. The highest BCUT2D eigenvalue weighted by atomic mass is 79.9. The summed E-state index contributed by atoms with van der Waals surface area (Å²) in [4.78, 5) is 11.2. The fourth-order valence-corrected chi connectivity index (χ4v) is 1.25. The number of hydrogen-bond donors (Lipinski definition) is 1. The molecule has 0 heterocycles. The first-order valence-electron chi connectivity index (χ1n) is 4.73. The molecule has 1 N–H and O–H groups in total. The Bertz CT molecular complexity index is 442. The average molecular weight is 285 g/mol. The minimum absolute atomic E-state index is 0.147. The maximum Gasteiger partial charge on any atom is 0.238 e. The van der Waals surface area contributed by atoms with Gasteiger partial charge in [-0.2, -0.15) is 5.26 Å². The van der Waals surface area contributed by atoms with Crippen LogP contribution in [0.3, 0.4) is 0 Å². The largest absolute Gasteiger partial charge is 0.324 e. The van der Waals surface area contributed by atoms with Crippen LogP contribution in [0.2, 0.25) is 0 Å². The molecule has 5 heteroatoms. The number of nitrogens with one attached hydrogen (secondary N) is 1. The molecule has 0 spiro atoms. The van der Waals surface area contributed by atoms with Gasteiger partial charge in [-0.1, -0.05) is 28.9 Å². The second kappa shape index (κ2) is 5.61. The van der Waals surface area contributed by atoms with Gasteiger partial charge in [-0.3, -0.25) is 4.79 Å². The Hall–Kier alpha value is -1.41. The van der Waals surface area contributed by atoms with E-state index >= 15 is 0 Å². The zero-order valence-electron chi connectivity index (χ0n) is 8.63. The molecule has 0 aromatic heterocycles. The number of carbonyl (C=O) groups excluding carboxylic acids is 1. The number of nitriles is 1. The minimum atomic E-state index is -0.636. The molecule has 1 aromatic carbocycles. The Balaban J connectivity index is 2.94. The zero-order valence-corrected chi connectivity index (χ0v) is 10.2. The van der Waals surface area contributed by atoms with Crippen molar-refractivity contribution in [2.45, 2.75) is 18.2 Å². The molecule has 0 aliphatic rings. The van der Waals surface area contributed by atoms with Gasteiger partial charge in [-0.05, 0) is 18.6 Å². The summed E-state index contributed by atoms with van der Waals surface area (Å²) >= 11 is 3.18. The highest BCUT2D eigenvalue weighted by Gasteiger charge is 2.15. The lowest BCUT2D eigenvalue weighted by Crippen LogP contribution is -2.22. The number of rotatable bonds is 3. The second-order valence-corrected chi connectivity index (χ2v) is 4.24. The van der Waals surface area contributed by atoms with Crippen LogP contribution in [0.1, 0.15) is 18.9 Å². The highest BCUT2D eigenvalue weighted by Crippen LogP contribution is 2.19. The third-order valence-corrected chi connectivity index (χ3v) is 3.09. The maximum atomic E-state index is 13.2. The number of alkyl halides is 1. The predicted octanol–water partition coefficient (Wildman–Crippen LogP) is 2.81. The van der Waals surface area contributed by atoms with Crippen molar-refractivity contribution in [2.75, 3.05) is 5.32 Å². The zero-order chi connectivity index (χ0) is 12.1. The monoisotopic (exact) mass is 284 g/mol. The van der Waals surface area contributed by atoms with Gasteiger partial charge >= 0.3 is 0 Å². The Morgan fingerprint density at radius 2 is 2.38 bits per heavy atom. The van der Waals surface area contributed by atoms with Crippen LogP contribution in [-0.2, 0) is 4.79 Å². The first-order chi connectivity index (χ1) is 7.60. The second-order valence-electron chi connectivity index (χ2n) is 3.14. The van der Waals surface area contributed by atoms with Crippen LogP contribution in [0, 0.1) is 17.1 Å². The molecule has 0 radical (unpaired) electrons. The molecule has 0 aliphatic carbocycles. The van der Waals surface area contributed by atoms with Gasteiger partial charge in [0.05, 0.1) is 10.5 Å². The van der Waals surface area contributed by atoms with Crippen molar-refractivity contribution in [3.05, 3.63) is 29.6 Å². The summed E-state index contributed by atoms with van der Waals surface area (Å²) in [6.07, 6.45) is 0.614. The number of nitrogens with zero attached hydrogens (tertiary/aromatic N) is 1. The van der Waals surface area contributed by atoms with Crippen molar-refractivity contribution in [3.63, 3.8) is 0 Å². The van der Waals surface area contributed by atoms with Gasteiger partial charge in [0, 0.05) is 0 Å². The summed E-state index contributed by atoms with van der Waals surface area (Å²) in [5, 5.41) is 11.3. The lowest BCUT2D eigenvalue weighted by atomic mass is 10.1. The SMILES string of the molecule is CCC(Br)C(=O)Nc1cccc(F)c1C#N. The molecule has 0 saturated heterocycles. The molecule has 3 nitrogen and oxygen atoms in total. The van der Waals surface area contributed by atoms with E-state index in [-0.39, 0.29) is 22.0 Å². The van der Waals surface area contributed by atoms with Gasteiger partial charge in [-0.15, -0.1) is 0 Å². The highest BCUT2D eigenvalue weighted by molar-refractivity contribution is 9.10. The third kappa shape index (κ3) is 2.80. The Morgan fingerprint density at radius 3 is 2.94 bits per heavy atom. The van der Waals surface area contributed by atoms with Crippen molar-refractivity contribution in [3.8, 4) is 6.07 Å². The van der Waals surface area contributed by atoms with Crippen molar-refractivity contribution >= 4 is 27.5 Å². The van der Waals surface area contributed by atoms with Crippen LogP contribution in [0.25, 0.3) is 0 Å². The molecule has 0 aliphatic heterocycles. The van der Waals surface area contributed by atoms with Crippen molar-refractivity contribution in [1.82, 2.24) is 0 Å². The molecule has 1 rings (SSSR count). The van der Waals surface area contributed by atoms with Gasteiger partial charge in [0.1, 0.15) is 17.4 Å². The van der Waals surface area contributed by atoms with Gasteiger partial charge in [-0.25, -0.2) is 4.39 Å². The molecular formula is C11H10BrFN2O. The van der Waals surface area contributed by atoms with E-state index in [0.29, 0.717) is 6.42 Å². The smallest absolute Gasteiger partial charge is 0.238 e. The van der Waals surface area contributed by atoms with E-state index < -0.39 is 5.82 Å². The molecule has 1 unspecified atom stereocenters. The molecule has 1 amide bonds. The van der Waals surface area contributed by atoms with E-state index in [1.807, 2.05) is 6.92 Å².